The molecule has 0 saturated heterocycles. The van der Waals surface area contributed by atoms with Crippen molar-refractivity contribution < 1.29 is 4.79 Å². The van der Waals surface area contributed by atoms with Crippen LogP contribution in [0.4, 0.5) is 4.79 Å². The predicted molar refractivity (Wildman–Crippen MR) is 61.9 cm³/mol. The van der Waals surface area contributed by atoms with Crippen LogP contribution in [-0.2, 0) is 6.54 Å². The SMILES string of the molecule is CCCCNC(=O)NCc1ccnc(C)n1. The topological polar surface area (TPSA) is 66.9 Å². The van der Waals surface area contributed by atoms with Crippen LogP contribution in [0.25, 0.3) is 0 Å². The molecular weight excluding hydrogens is 204 g/mol. The van der Waals surface area contributed by atoms with E-state index in [9.17, 15) is 4.79 Å². The highest BCUT2D eigenvalue weighted by molar-refractivity contribution is 5.73. The molecule has 0 aromatic carbocycles. The Bertz CT molecular complexity index is 341. The smallest absolute Gasteiger partial charge is 0.315 e. The normalized spacial score (nSPS) is 9.88. The number of unbranched alkanes of at least 4 members (excludes halogenated alkanes) is 1. The van der Waals surface area contributed by atoms with E-state index in [0.717, 1.165) is 18.5 Å². The van der Waals surface area contributed by atoms with Gasteiger partial charge in [-0.3, -0.25) is 0 Å². The molecule has 0 fully saturated rings. The van der Waals surface area contributed by atoms with E-state index in [0.29, 0.717) is 18.9 Å². The minimum atomic E-state index is -0.148. The molecule has 16 heavy (non-hydrogen) atoms. The summed E-state index contributed by atoms with van der Waals surface area (Å²) < 4.78 is 0. The summed E-state index contributed by atoms with van der Waals surface area (Å²) in [5.41, 5.74) is 0.818. The van der Waals surface area contributed by atoms with E-state index in [1.165, 1.54) is 0 Å². The van der Waals surface area contributed by atoms with Gasteiger partial charge in [0.15, 0.2) is 0 Å². The van der Waals surface area contributed by atoms with Crippen molar-refractivity contribution in [3.8, 4) is 0 Å². The highest BCUT2D eigenvalue weighted by Gasteiger charge is 2.00. The number of urea groups is 1. The van der Waals surface area contributed by atoms with Gasteiger partial charge in [-0.05, 0) is 19.4 Å². The van der Waals surface area contributed by atoms with Crippen LogP contribution in [-0.4, -0.2) is 22.5 Å². The van der Waals surface area contributed by atoms with Crippen molar-refractivity contribution in [3.63, 3.8) is 0 Å². The summed E-state index contributed by atoms with van der Waals surface area (Å²) in [6.07, 6.45) is 3.76. The van der Waals surface area contributed by atoms with Crippen molar-refractivity contribution in [2.45, 2.75) is 33.2 Å². The Kier molecular flexibility index (Phi) is 5.25. The largest absolute Gasteiger partial charge is 0.338 e. The van der Waals surface area contributed by atoms with Crippen LogP contribution in [0.3, 0.4) is 0 Å². The van der Waals surface area contributed by atoms with Gasteiger partial charge < -0.3 is 10.6 Å². The van der Waals surface area contributed by atoms with Crippen molar-refractivity contribution in [1.82, 2.24) is 20.6 Å². The number of nitrogens with one attached hydrogen (secondary N) is 2. The number of rotatable bonds is 5. The van der Waals surface area contributed by atoms with Gasteiger partial charge in [-0.1, -0.05) is 13.3 Å². The van der Waals surface area contributed by atoms with Gasteiger partial charge in [0.2, 0.25) is 0 Å². The summed E-state index contributed by atoms with van der Waals surface area (Å²) in [7, 11) is 0. The first-order valence-corrected chi connectivity index (χ1v) is 5.52. The quantitative estimate of drug-likeness (QED) is 0.740. The summed E-state index contributed by atoms with van der Waals surface area (Å²) in [6.45, 7) is 5.06. The van der Waals surface area contributed by atoms with Crippen LogP contribution in [0.2, 0.25) is 0 Å². The Labute approximate surface area is 95.7 Å². The van der Waals surface area contributed by atoms with E-state index < -0.39 is 0 Å². The van der Waals surface area contributed by atoms with Crippen LogP contribution in [0.15, 0.2) is 12.3 Å². The zero-order chi connectivity index (χ0) is 11.8. The number of aromatic nitrogens is 2. The Balaban J connectivity index is 2.26. The summed E-state index contributed by atoms with van der Waals surface area (Å²) in [6, 6.07) is 1.64. The fraction of sp³-hybridized carbons (Fsp3) is 0.545. The number of nitrogens with zero attached hydrogens (tertiary/aromatic N) is 2. The summed E-state index contributed by atoms with van der Waals surface area (Å²) >= 11 is 0. The van der Waals surface area contributed by atoms with Gasteiger partial charge in [0.1, 0.15) is 5.82 Å². The number of hydrogen-bond acceptors (Lipinski definition) is 3. The van der Waals surface area contributed by atoms with E-state index in [4.69, 9.17) is 0 Å². The fourth-order valence-corrected chi connectivity index (χ4v) is 1.22. The predicted octanol–water partition coefficient (Wildman–Crippen LogP) is 1.38. The Hall–Kier alpha value is -1.65. The lowest BCUT2D eigenvalue weighted by Gasteiger charge is -2.06. The van der Waals surface area contributed by atoms with Gasteiger partial charge in [0, 0.05) is 12.7 Å². The number of carbonyl (C=O) groups excluding carboxylic acids is 1. The zero-order valence-electron chi connectivity index (χ0n) is 9.79. The summed E-state index contributed by atoms with van der Waals surface area (Å²) in [5.74, 6) is 0.714. The van der Waals surface area contributed by atoms with Crippen molar-refractivity contribution in [1.29, 1.82) is 0 Å². The summed E-state index contributed by atoms with van der Waals surface area (Å²) in [4.78, 5) is 19.5. The molecule has 0 aliphatic heterocycles. The highest BCUT2D eigenvalue weighted by atomic mass is 16.2. The van der Waals surface area contributed by atoms with Gasteiger partial charge in [0.25, 0.3) is 0 Å². The molecule has 1 aromatic rings. The lowest BCUT2D eigenvalue weighted by Crippen LogP contribution is -2.35. The second-order valence-electron chi connectivity index (χ2n) is 3.56. The molecule has 1 rings (SSSR count). The molecule has 0 radical (unpaired) electrons. The van der Waals surface area contributed by atoms with E-state index >= 15 is 0 Å². The first-order valence-electron chi connectivity index (χ1n) is 5.52. The van der Waals surface area contributed by atoms with Gasteiger partial charge >= 0.3 is 6.03 Å². The van der Waals surface area contributed by atoms with Crippen LogP contribution < -0.4 is 10.6 Å². The zero-order valence-corrected chi connectivity index (χ0v) is 9.79. The molecule has 0 saturated carbocycles. The molecule has 1 heterocycles. The van der Waals surface area contributed by atoms with Crippen molar-refractivity contribution in [2.24, 2.45) is 0 Å². The third-order valence-electron chi connectivity index (χ3n) is 2.08. The average molecular weight is 222 g/mol. The number of aryl methyl sites for hydroxylation is 1. The molecule has 5 heteroatoms. The molecule has 88 valence electrons. The maximum atomic E-state index is 11.3. The van der Waals surface area contributed by atoms with E-state index in [-0.39, 0.29) is 6.03 Å². The third kappa shape index (κ3) is 4.72. The average Bonchev–Trinajstić information content (AvgIpc) is 2.27. The summed E-state index contributed by atoms with van der Waals surface area (Å²) in [5, 5.41) is 5.52. The second-order valence-corrected chi connectivity index (χ2v) is 3.56. The van der Waals surface area contributed by atoms with E-state index in [1.54, 1.807) is 12.3 Å². The molecule has 0 bridgehead atoms. The monoisotopic (exact) mass is 222 g/mol. The van der Waals surface area contributed by atoms with Gasteiger partial charge in [-0.15, -0.1) is 0 Å². The minimum absolute atomic E-state index is 0.148. The number of hydrogen-bond donors (Lipinski definition) is 2. The lowest BCUT2D eigenvalue weighted by atomic mass is 10.3. The molecule has 0 atom stereocenters. The fourth-order valence-electron chi connectivity index (χ4n) is 1.22. The first-order chi connectivity index (χ1) is 7.72. The molecule has 1 aromatic heterocycles. The second kappa shape index (κ2) is 6.76. The molecule has 2 N–H and O–H groups in total. The van der Waals surface area contributed by atoms with Crippen LogP contribution in [0.1, 0.15) is 31.3 Å². The maximum absolute atomic E-state index is 11.3. The van der Waals surface area contributed by atoms with Gasteiger partial charge in [-0.25, -0.2) is 14.8 Å². The standard InChI is InChI=1S/C11H18N4O/c1-3-4-6-13-11(16)14-8-10-5-7-12-9(2)15-10/h5,7H,3-4,6,8H2,1-2H3,(H2,13,14,16). The van der Waals surface area contributed by atoms with Crippen LogP contribution >= 0.6 is 0 Å². The molecular formula is C11H18N4O. The van der Waals surface area contributed by atoms with Crippen LogP contribution in [0.5, 0.6) is 0 Å². The van der Waals surface area contributed by atoms with Gasteiger partial charge in [0.05, 0.1) is 12.2 Å². The molecule has 0 aliphatic rings. The third-order valence-corrected chi connectivity index (χ3v) is 2.08. The van der Waals surface area contributed by atoms with Crippen molar-refractivity contribution >= 4 is 6.03 Å². The Morgan fingerprint density at radius 3 is 2.94 bits per heavy atom. The van der Waals surface area contributed by atoms with Crippen LogP contribution in [0, 0.1) is 6.92 Å². The number of amides is 2. The minimum Gasteiger partial charge on any atom is -0.338 e. The van der Waals surface area contributed by atoms with E-state index in [1.807, 2.05) is 6.92 Å². The Morgan fingerprint density at radius 1 is 1.44 bits per heavy atom. The Morgan fingerprint density at radius 2 is 2.25 bits per heavy atom. The highest BCUT2D eigenvalue weighted by Crippen LogP contribution is 1.93. The molecule has 2 amide bonds. The van der Waals surface area contributed by atoms with Crippen molar-refractivity contribution in [3.05, 3.63) is 23.8 Å². The molecule has 0 unspecified atom stereocenters. The molecule has 0 aliphatic carbocycles. The lowest BCUT2D eigenvalue weighted by molar-refractivity contribution is 0.240. The number of carbonyl (C=O) groups is 1. The van der Waals surface area contributed by atoms with Crippen molar-refractivity contribution in [2.75, 3.05) is 6.54 Å². The van der Waals surface area contributed by atoms with E-state index in [2.05, 4.69) is 27.5 Å². The first kappa shape index (κ1) is 12.4. The maximum Gasteiger partial charge on any atom is 0.315 e. The van der Waals surface area contributed by atoms with Gasteiger partial charge in [-0.2, -0.15) is 0 Å². The molecule has 5 nitrogen and oxygen atoms in total. The molecule has 0 spiro atoms.